The van der Waals surface area contributed by atoms with Gasteiger partial charge in [0, 0.05) is 5.56 Å². The molecule has 2 heterocycles. The number of nitrogens with one attached hydrogen (secondary N) is 1. The van der Waals surface area contributed by atoms with Gasteiger partial charge in [-0.25, -0.2) is 4.98 Å². The molecule has 26 heavy (non-hydrogen) atoms. The number of benzene rings is 2. The highest BCUT2D eigenvalue weighted by molar-refractivity contribution is 5.80. The Morgan fingerprint density at radius 3 is 2.69 bits per heavy atom. The number of para-hydroxylation sites is 1. The highest BCUT2D eigenvalue weighted by Gasteiger charge is 2.10. The predicted octanol–water partition coefficient (Wildman–Crippen LogP) is 2.50. The van der Waals surface area contributed by atoms with Crippen LogP contribution in [0.15, 0.2) is 47.3 Å². The van der Waals surface area contributed by atoms with Gasteiger partial charge in [-0.1, -0.05) is 43.3 Å². The van der Waals surface area contributed by atoms with Crippen LogP contribution in [-0.4, -0.2) is 30.2 Å². The van der Waals surface area contributed by atoms with Crippen LogP contribution < -0.4 is 5.56 Å². The van der Waals surface area contributed by atoms with E-state index in [4.69, 9.17) is 0 Å². The van der Waals surface area contributed by atoms with Gasteiger partial charge in [0.05, 0.1) is 10.9 Å². The lowest BCUT2D eigenvalue weighted by molar-refractivity contribution is 0.555. The van der Waals surface area contributed by atoms with Crippen LogP contribution in [0, 0.1) is 6.92 Å². The van der Waals surface area contributed by atoms with Gasteiger partial charge in [-0.2, -0.15) is 4.80 Å². The normalized spacial score (nSPS) is 11.2. The average Bonchev–Trinajstić information content (AvgIpc) is 3.11. The molecule has 2 aromatic carbocycles. The van der Waals surface area contributed by atoms with E-state index in [0.29, 0.717) is 22.6 Å². The van der Waals surface area contributed by atoms with E-state index >= 15 is 0 Å². The molecule has 0 spiro atoms. The van der Waals surface area contributed by atoms with Crippen molar-refractivity contribution in [1.29, 1.82) is 0 Å². The fraction of sp³-hybridized carbons (Fsp3) is 0.211. The highest BCUT2D eigenvalue weighted by atomic mass is 16.1. The molecule has 0 atom stereocenters. The van der Waals surface area contributed by atoms with Gasteiger partial charge < -0.3 is 4.98 Å². The van der Waals surface area contributed by atoms with Crippen molar-refractivity contribution in [1.82, 2.24) is 30.2 Å². The molecule has 2 aromatic heterocycles. The van der Waals surface area contributed by atoms with Gasteiger partial charge >= 0.3 is 0 Å². The Morgan fingerprint density at radius 1 is 1.12 bits per heavy atom. The number of tetrazole rings is 1. The number of H-pyrrole nitrogens is 1. The lowest BCUT2D eigenvalue weighted by atomic mass is 10.1. The van der Waals surface area contributed by atoms with E-state index in [2.05, 4.69) is 44.4 Å². The summed E-state index contributed by atoms with van der Waals surface area (Å²) in [6, 6.07) is 13.6. The molecule has 7 heteroatoms. The van der Waals surface area contributed by atoms with Crippen LogP contribution in [0.5, 0.6) is 0 Å². The maximum absolute atomic E-state index is 12.3. The molecule has 130 valence electrons. The van der Waals surface area contributed by atoms with E-state index < -0.39 is 0 Å². The third-order valence-electron chi connectivity index (χ3n) is 4.35. The van der Waals surface area contributed by atoms with Crippen molar-refractivity contribution in [2.24, 2.45) is 0 Å². The topological polar surface area (TPSA) is 89.4 Å². The lowest BCUT2D eigenvalue weighted by Crippen LogP contribution is -2.16. The molecule has 0 fully saturated rings. The predicted molar refractivity (Wildman–Crippen MR) is 98.8 cm³/mol. The first-order valence-electron chi connectivity index (χ1n) is 8.49. The molecule has 4 rings (SSSR count). The zero-order valence-corrected chi connectivity index (χ0v) is 14.6. The third-order valence-corrected chi connectivity index (χ3v) is 4.35. The average molecular weight is 346 g/mol. The van der Waals surface area contributed by atoms with Crippen LogP contribution in [0.2, 0.25) is 0 Å². The molecule has 0 bridgehead atoms. The Morgan fingerprint density at radius 2 is 1.92 bits per heavy atom. The summed E-state index contributed by atoms with van der Waals surface area (Å²) in [5, 5.41) is 13.2. The number of fused-ring (bicyclic) bond motifs is 1. The van der Waals surface area contributed by atoms with Crippen LogP contribution >= 0.6 is 0 Å². The van der Waals surface area contributed by atoms with Crippen molar-refractivity contribution in [2.75, 3.05) is 0 Å². The Hall–Kier alpha value is -3.35. The van der Waals surface area contributed by atoms with Crippen LogP contribution in [-0.2, 0) is 13.0 Å². The van der Waals surface area contributed by atoms with E-state index in [1.54, 1.807) is 6.07 Å². The standard InChI is InChI=1S/C19H18N6O/c1-3-13-7-9-14(10-8-13)18-22-24-25(23-18)11-16-20-17-12(2)5-4-6-15(17)19(26)21-16/h4-10H,3,11H2,1-2H3,(H,20,21,26). The summed E-state index contributed by atoms with van der Waals surface area (Å²) >= 11 is 0. The third kappa shape index (κ3) is 2.99. The molecule has 0 saturated heterocycles. The largest absolute Gasteiger partial charge is 0.308 e. The Labute approximate surface area is 149 Å². The minimum absolute atomic E-state index is 0.163. The molecule has 1 N–H and O–H groups in total. The Bertz CT molecular complexity index is 1130. The molecule has 0 aliphatic carbocycles. The quantitative estimate of drug-likeness (QED) is 0.613. The summed E-state index contributed by atoms with van der Waals surface area (Å²) in [5.41, 5.74) is 3.66. The minimum atomic E-state index is -0.163. The summed E-state index contributed by atoms with van der Waals surface area (Å²) in [4.78, 5) is 21.0. The van der Waals surface area contributed by atoms with Crippen molar-refractivity contribution in [3.63, 3.8) is 0 Å². The van der Waals surface area contributed by atoms with E-state index in [1.165, 1.54) is 10.4 Å². The second-order valence-electron chi connectivity index (χ2n) is 6.18. The molecule has 0 saturated carbocycles. The summed E-state index contributed by atoms with van der Waals surface area (Å²) in [6.07, 6.45) is 0.987. The fourth-order valence-corrected chi connectivity index (χ4v) is 2.88. The van der Waals surface area contributed by atoms with Crippen LogP contribution in [0.1, 0.15) is 23.9 Å². The van der Waals surface area contributed by atoms with E-state index in [9.17, 15) is 4.79 Å². The Balaban J connectivity index is 1.64. The van der Waals surface area contributed by atoms with E-state index in [-0.39, 0.29) is 12.1 Å². The monoisotopic (exact) mass is 346 g/mol. The maximum Gasteiger partial charge on any atom is 0.258 e. The van der Waals surface area contributed by atoms with Gasteiger partial charge in [0.1, 0.15) is 12.4 Å². The summed E-state index contributed by atoms with van der Waals surface area (Å²) in [5.74, 6) is 1.05. The zero-order chi connectivity index (χ0) is 18.1. The SMILES string of the molecule is CCc1ccc(-c2nnn(Cc3nc4c(C)cccc4c(=O)[nH]3)n2)cc1. The molecular weight excluding hydrogens is 328 g/mol. The van der Waals surface area contributed by atoms with E-state index in [1.807, 2.05) is 31.2 Å². The fourth-order valence-electron chi connectivity index (χ4n) is 2.88. The number of rotatable bonds is 4. The number of hydrogen-bond acceptors (Lipinski definition) is 5. The van der Waals surface area contributed by atoms with Gasteiger partial charge in [0.25, 0.3) is 5.56 Å². The molecular formula is C19H18N6O. The van der Waals surface area contributed by atoms with Crippen molar-refractivity contribution in [3.05, 3.63) is 69.8 Å². The van der Waals surface area contributed by atoms with Crippen molar-refractivity contribution in [3.8, 4) is 11.4 Å². The number of aromatic amines is 1. The zero-order valence-electron chi connectivity index (χ0n) is 14.6. The van der Waals surface area contributed by atoms with Crippen molar-refractivity contribution < 1.29 is 0 Å². The first-order chi connectivity index (χ1) is 12.6. The van der Waals surface area contributed by atoms with Gasteiger partial charge in [-0.05, 0) is 35.8 Å². The molecule has 4 aromatic rings. The summed E-state index contributed by atoms with van der Waals surface area (Å²) < 4.78 is 0. The molecule has 0 amide bonds. The molecule has 7 nitrogen and oxygen atoms in total. The van der Waals surface area contributed by atoms with Crippen molar-refractivity contribution >= 4 is 10.9 Å². The summed E-state index contributed by atoms with van der Waals surface area (Å²) in [6.45, 7) is 4.30. The lowest BCUT2D eigenvalue weighted by Gasteiger charge is -2.04. The van der Waals surface area contributed by atoms with Gasteiger partial charge in [0.2, 0.25) is 5.82 Å². The second-order valence-corrected chi connectivity index (χ2v) is 6.18. The molecule has 0 aliphatic heterocycles. The van der Waals surface area contributed by atoms with Crippen LogP contribution in [0.3, 0.4) is 0 Å². The molecule has 0 radical (unpaired) electrons. The first-order valence-corrected chi connectivity index (χ1v) is 8.49. The smallest absolute Gasteiger partial charge is 0.258 e. The van der Waals surface area contributed by atoms with Crippen LogP contribution in [0.25, 0.3) is 22.3 Å². The molecule has 0 unspecified atom stereocenters. The van der Waals surface area contributed by atoms with Crippen LogP contribution in [0.4, 0.5) is 0 Å². The highest BCUT2D eigenvalue weighted by Crippen LogP contribution is 2.15. The van der Waals surface area contributed by atoms with E-state index in [0.717, 1.165) is 17.5 Å². The maximum atomic E-state index is 12.3. The first kappa shape index (κ1) is 16.1. The van der Waals surface area contributed by atoms with Gasteiger partial charge in [0.15, 0.2) is 0 Å². The number of nitrogens with zero attached hydrogens (tertiary/aromatic N) is 5. The van der Waals surface area contributed by atoms with Gasteiger partial charge in [-0.3, -0.25) is 4.79 Å². The number of aromatic nitrogens is 6. The van der Waals surface area contributed by atoms with Gasteiger partial charge in [-0.15, -0.1) is 10.2 Å². The minimum Gasteiger partial charge on any atom is -0.308 e. The molecule has 0 aliphatic rings. The number of hydrogen-bond donors (Lipinski definition) is 1. The summed E-state index contributed by atoms with van der Waals surface area (Å²) in [7, 11) is 0. The van der Waals surface area contributed by atoms with Crippen molar-refractivity contribution in [2.45, 2.75) is 26.8 Å². The second kappa shape index (κ2) is 6.51. The number of aryl methyl sites for hydroxylation is 2. The Kier molecular flexibility index (Phi) is 4.04.